The van der Waals surface area contributed by atoms with Crippen molar-refractivity contribution in [1.29, 1.82) is 0 Å². The summed E-state index contributed by atoms with van der Waals surface area (Å²) in [5.41, 5.74) is 0. The van der Waals surface area contributed by atoms with Crippen molar-refractivity contribution in [1.82, 2.24) is 0 Å². The summed E-state index contributed by atoms with van der Waals surface area (Å²) in [6.45, 7) is 11.4. The molecule has 0 saturated heterocycles. The van der Waals surface area contributed by atoms with Crippen LogP contribution in [-0.4, -0.2) is 26.7 Å². The number of hydrogen-bond donors (Lipinski definition) is 0. The number of nitrogens with zero attached hydrogens (tertiary/aromatic N) is 1. The third kappa shape index (κ3) is 25.4. The molecule has 3 nitrogen and oxygen atoms in total. The molecule has 0 aliphatic rings. The van der Waals surface area contributed by atoms with Crippen LogP contribution in [0.3, 0.4) is 0 Å². The Morgan fingerprint density at radius 3 is 2.00 bits per heavy atom. The highest BCUT2D eigenvalue weighted by molar-refractivity contribution is 5.71. The zero-order chi connectivity index (χ0) is 13.9. The van der Waals surface area contributed by atoms with E-state index < -0.39 is 0 Å². The van der Waals surface area contributed by atoms with E-state index in [0.29, 0.717) is 0 Å². The molecule has 0 atom stereocenters. The van der Waals surface area contributed by atoms with E-state index in [0.717, 1.165) is 12.8 Å². The first-order valence-corrected chi connectivity index (χ1v) is 6.07. The SMILES string of the molecule is C=CN=C/C=C\C.CC.CCCC(OC)OC. The number of methoxy groups -OCH3 is 2. The molecule has 3 heteroatoms. The number of hydrogen-bond acceptors (Lipinski definition) is 3. The Hall–Kier alpha value is -0.930. The number of ether oxygens (including phenoxy) is 2. The Kier molecular flexibility index (Phi) is 30.6. The van der Waals surface area contributed by atoms with Gasteiger partial charge in [-0.3, -0.25) is 4.99 Å². The van der Waals surface area contributed by atoms with E-state index in [1.807, 2.05) is 32.9 Å². The zero-order valence-electron chi connectivity index (χ0n) is 12.3. The molecule has 102 valence electrons. The van der Waals surface area contributed by atoms with Gasteiger partial charge >= 0.3 is 0 Å². The Morgan fingerprint density at radius 1 is 1.24 bits per heavy atom. The molecule has 0 bridgehead atoms. The Morgan fingerprint density at radius 2 is 1.76 bits per heavy atom. The van der Waals surface area contributed by atoms with Gasteiger partial charge in [0.1, 0.15) is 0 Å². The van der Waals surface area contributed by atoms with Crippen LogP contribution in [0.5, 0.6) is 0 Å². The summed E-state index contributed by atoms with van der Waals surface area (Å²) >= 11 is 0. The summed E-state index contributed by atoms with van der Waals surface area (Å²) < 4.78 is 9.84. The normalized spacial score (nSPS) is 9.82. The lowest BCUT2D eigenvalue weighted by atomic mass is 10.3. The first kappa shape index (κ1) is 21.4. The topological polar surface area (TPSA) is 30.8 Å². The summed E-state index contributed by atoms with van der Waals surface area (Å²) in [7, 11) is 3.31. The molecule has 17 heavy (non-hydrogen) atoms. The maximum absolute atomic E-state index is 4.92. The van der Waals surface area contributed by atoms with Gasteiger partial charge in [-0.25, -0.2) is 0 Å². The molecule has 0 aliphatic heterocycles. The van der Waals surface area contributed by atoms with Crippen molar-refractivity contribution < 1.29 is 9.47 Å². The predicted octanol–water partition coefficient (Wildman–Crippen LogP) is 4.21. The molecule has 0 N–H and O–H groups in total. The predicted molar refractivity (Wildman–Crippen MR) is 77.6 cm³/mol. The van der Waals surface area contributed by atoms with Crippen LogP contribution < -0.4 is 0 Å². The van der Waals surface area contributed by atoms with Gasteiger partial charge < -0.3 is 9.47 Å². The first-order valence-electron chi connectivity index (χ1n) is 6.07. The smallest absolute Gasteiger partial charge is 0.156 e. The summed E-state index contributed by atoms with van der Waals surface area (Å²) in [4.78, 5) is 3.71. The van der Waals surface area contributed by atoms with Crippen LogP contribution in [0.25, 0.3) is 0 Å². The van der Waals surface area contributed by atoms with E-state index >= 15 is 0 Å². The molecule has 0 amide bonds. The fraction of sp³-hybridized carbons (Fsp3) is 0.643. The first-order chi connectivity index (χ1) is 8.26. The molecule has 0 aromatic heterocycles. The van der Waals surface area contributed by atoms with Crippen LogP contribution in [0.4, 0.5) is 0 Å². The van der Waals surface area contributed by atoms with Gasteiger partial charge in [0.15, 0.2) is 6.29 Å². The van der Waals surface area contributed by atoms with Gasteiger partial charge in [-0.1, -0.05) is 39.8 Å². The van der Waals surface area contributed by atoms with E-state index in [4.69, 9.17) is 9.47 Å². The second-order valence-corrected chi connectivity index (χ2v) is 2.70. The Labute approximate surface area is 107 Å². The van der Waals surface area contributed by atoms with Crippen molar-refractivity contribution in [3.8, 4) is 0 Å². The quantitative estimate of drug-likeness (QED) is 0.517. The summed E-state index contributed by atoms with van der Waals surface area (Å²) in [6, 6.07) is 0. The van der Waals surface area contributed by atoms with Crippen molar-refractivity contribution in [2.75, 3.05) is 14.2 Å². The Bertz CT molecular complexity index is 173. The monoisotopic (exact) mass is 243 g/mol. The third-order valence-electron chi connectivity index (χ3n) is 1.52. The maximum Gasteiger partial charge on any atom is 0.156 e. The summed E-state index contributed by atoms with van der Waals surface area (Å²) in [5, 5.41) is 0. The minimum atomic E-state index is -0.000000000000000444. The lowest BCUT2D eigenvalue weighted by molar-refractivity contribution is -0.106. The number of aliphatic imine (C=N–C) groups is 1. The van der Waals surface area contributed by atoms with Crippen LogP contribution in [0.1, 0.15) is 40.5 Å². The summed E-state index contributed by atoms with van der Waals surface area (Å²) in [6.07, 6.45) is 9.03. The maximum atomic E-state index is 4.92. The second-order valence-electron chi connectivity index (χ2n) is 2.70. The van der Waals surface area contributed by atoms with Crippen molar-refractivity contribution in [2.45, 2.75) is 46.8 Å². The van der Waals surface area contributed by atoms with Gasteiger partial charge in [0.05, 0.1) is 0 Å². The van der Waals surface area contributed by atoms with Gasteiger partial charge in [-0.2, -0.15) is 0 Å². The molecule has 0 spiro atoms. The lowest BCUT2D eigenvalue weighted by Crippen LogP contribution is -2.11. The highest BCUT2D eigenvalue weighted by Crippen LogP contribution is 1.99. The van der Waals surface area contributed by atoms with Crippen LogP contribution in [0.2, 0.25) is 0 Å². The highest BCUT2D eigenvalue weighted by atomic mass is 16.7. The van der Waals surface area contributed by atoms with Crippen LogP contribution in [-0.2, 0) is 9.47 Å². The molecule has 0 fully saturated rings. The third-order valence-corrected chi connectivity index (χ3v) is 1.52. The molecule has 0 rings (SSSR count). The average Bonchev–Trinajstić information content (AvgIpc) is 2.40. The largest absolute Gasteiger partial charge is 0.356 e. The number of rotatable bonds is 6. The molecule has 0 aliphatic carbocycles. The molecule has 0 unspecified atom stereocenters. The van der Waals surface area contributed by atoms with Crippen molar-refractivity contribution in [3.63, 3.8) is 0 Å². The molecular formula is C14H29NO2. The fourth-order valence-electron chi connectivity index (χ4n) is 0.764. The van der Waals surface area contributed by atoms with Crippen molar-refractivity contribution in [2.24, 2.45) is 4.99 Å². The minimum absolute atomic E-state index is 0.000000000000000444. The average molecular weight is 243 g/mol. The minimum Gasteiger partial charge on any atom is -0.356 e. The van der Waals surface area contributed by atoms with Gasteiger partial charge in [0, 0.05) is 26.6 Å². The molecule has 0 saturated carbocycles. The molecule has 0 heterocycles. The molecule has 0 aromatic carbocycles. The fourth-order valence-corrected chi connectivity index (χ4v) is 0.764. The standard InChI is InChI=1S/C6H9N.C6H14O2.C2H6/c1-3-5-6-7-4-2;1-4-5-6(7-2)8-3;1-2/h3-6H,2H2,1H3;6H,4-5H2,1-3H3;1-2H3/b5-3-,7-6?;;. The van der Waals surface area contributed by atoms with Gasteiger partial charge in [-0.05, 0) is 19.4 Å². The van der Waals surface area contributed by atoms with Crippen molar-refractivity contribution >= 4 is 6.21 Å². The lowest BCUT2D eigenvalue weighted by Gasteiger charge is -2.10. The van der Waals surface area contributed by atoms with Crippen LogP contribution >= 0.6 is 0 Å². The van der Waals surface area contributed by atoms with Gasteiger partial charge in [0.2, 0.25) is 0 Å². The van der Waals surface area contributed by atoms with E-state index in [-0.39, 0.29) is 6.29 Å². The van der Waals surface area contributed by atoms with Gasteiger partial charge in [0.25, 0.3) is 0 Å². The molecule has 0 aromatic rings. The van der Waals surface area contributed by atoms with Crippen LogP contribution in [0.15, 0.2) is 29.9 Å². The van der Waals surface area contributed by atoms with E-state index in [1.54, 1.807) is 20.4 Å². The van der Waals surface area contributed by atoms with Gasteiger partial charge in [-0.15, -0.1) is 0 Å². The highest BCUT2D eigenvalue weighted by Gasteiger charge is 1.99. The second kappa shape index (κ2) is 24.3. The van der Waals surface area contributed by atoms with Crippen molar-refractivity contribution in [3.05, 3.63) is 24.9 Å². The molecular weight excluding hydrogens is 214 g/mol. The zero-order valence-corrected chi connectivity index (χ0v) is 12.3. The van der Waals surface area contributed by atoms with Crippen LogP contribution in [0, 0.1) is 0 Å². The van der Waals surface area contributed by atoms with E-state index in [9.17, 15) is 0 Å². The molecule has 0 radical (unpaired) electrons. The number of allylic oxidation sites excluding steroid dienone is 2. The Balaban J connectivity index is -0.000000202. The van der Waals surface area contributed by atoms with E-state index in [1.165, 1.54) is 6.20 Å². The summed E-state index contributed by atoms with van der Waals surface area (Å²) in [5.74, 6) is 0. The van der Waals surface area contributed by atoms with E-state index in [2.05, 4.69) is 18.5 Å².